The molecule has 3 N–H and O–H groups in total. The van der Waals surface area contributed by atoms with E-state index in [-0.39, 0.29) is 30.4 Å². The molecule has 1 aliphatic rings. The van der Waals surface area contributed by atoms with Gasteiger partial charge in [0.15, 0.2) is 11.6 Å². The van der Waals surface area contributed by atoms with E-state index in [1.807, 2.05) is 0 Å². The van der Waals surface area contributed by atoms with E-state index in [1.165, 1.54) is 17.0 Å². The van der Waals surface area contributed by atoms with E-state index in [9.17, 15) is 13.6 Å². The van der Waals surface area contributed by atoms with E-state index in [0.29, 0.717) is 0 Å². The lowest BCUT2D eigenvalue weighted by molar-refractivity contribution is 0.0741. The Morgan fingerprint density at radius 1 is 1.45 bits per heavy atom. The lowest BCUT2D eigenvalue weighted by Crippen LogP contribution is -2.36. The van der Waals surface area contributed by atoms with Crippen molar-refractivity contribution in [1.82, 2.24) is 4.90 Å². The van der Waals surface area contributed by atoms with Crippen LogP contribution in [0.3, 0.4) is 0 Å². The monoisotopic (exact) mass is 283 g/mol. The second kappa shape index (κ2) is 5.85. The van der Waals surface area contributed by atoms with Crippen molar-refractivity contribution in [3.63, 3.8) is 0 Å². The molecule has 1 fully saturated rings. The van der Waals surface area contributed by atoms with Crippen molar-refractivity contribution in [1.29, 1.82) is 0 Å². The quantitative estimate of drug-likeness (QED) is 0.373. The van der Waals surface area contributed by atoms with E-state index in [2.05, 4.69) is 5.16 Å². The van der Waals surface area contributed by atoms with Crippen LogP contribution in [0.15, 0.2) is 23.4 Å². The molecule has 0 aliphatic heterocycles. The number of halogens is 2. The second-order valence-corrected chi connectivity index (χ2v) is 4.67. The van der Waals surface area contributed by atoms with Gasteiger partial charge >= 0.3 is 0 Å². The van der Waals surface area contributed by atoms with Gasteiger partial charge in [-0.05, 0) is 25.0 Å². The summed E-state index contributed by atoms with van der Waals surface area (Å²) in [7, 11) is 0. The predicted octanol–water partition coefficient (Wildman–Crippen LogP) is 1.71. The van der Waals surface area contributed by atoms with Gasteiger partial charge in [0.05, 0.1) is 5.56 Å². The Morgan fingerprint density at radius 3 is 2.75 bits per heavy atom. The van der Waals surface area contributed by atoms with Crippen LogP contribution in [0.5, 0.6) is 0 Å². The zero-order valence-corrected chi connectivity index (χ0v) is 10.7. The highest BCUT2D eigenvalue weighted by atomic mass is 19.2. The van der Waals surface area contributed by atoms with Gasteiger partial charge < -0.3 is 15.8 Å². The molecule has 0 saturated heterocycles. The van der Waals surface area contributed by atoms with E-state index >= 15 is 0 Å². The molecule has 20 heavy (non-hydrogen) atoms. The minimum Gasteiger partial charge on any atom is -0.409 e. The van der Waals surface area contributed by atoms with Gasteiger partial charge in [0.2, 0.25) is 0 Å². The molecule has 0 atom stereocenters. The number of amidine groups is 1. The molecular weight excluding hydrogens is 268 g/mol. The fourth-order valence-corrected chi connectivity index (χ4v) is 1.94. The molecule has 1 saturated carbocycles. The molecule has 2 rings (SSSR count). The number of hydrogen-bond acceptors (Lipinski definition) is 3. The summed E-state index contributed by atoms with van der Waals surface area (Å²) in [5.74, 6) is -2.78. The Bertz CT molecular complexity index is 544. The Hall–Kier alpha value is -2.18. The number of carbonyl (C=O) groups excluding carboxylic acids is 1. The van der Waals surface area contributed by atoms with Crippen LogP contribution in [-0.2, 0) is 0 Å². The van der Waals surface area contributed by atoms with Crippen LogP contribution in [0, 0.1) is 11.6 Å². The highest BCUT2D eigenvalue weighted by molar-refractivity contribution is 5.95. The van der Waals surface area contributed by atoms with Gasteiger partial charge in [0.1, 0.15) is 5.84 Å². The first-order chi connectivity index (χ1) is 9.54. The summed E-state index contributed by atoms with van der Waals surface area (Å²) in [6, 6.07) is 3.51. The Kier molecular flexibility index (Phi) is 4.16. The number of hydrogen-bond donors (Lipinski definition) is 2. The minimum absolute atomic E-state index is 0.0108. The molecule has 0 aromatic heterocycles. The fraction of sp³-hybridized carbons (Fsp3) is 0.385. The molecule has 0 radical (unpaired) electrons. The summed E-state index contributed by atoms with van der Waals surface area (Å²) in [5, 5.41) is 11.3. The van der Waals surface area contributed by atoms with Crippen molar-refractivity contribution in [2.45, 2.75) is 25.3 Å². The molecule has 7 heteroatoms. The van der Waals surface area contributed by atoms with Crippen molar-refractivity contribution in [3.05, 3.63) is 35.4 Å². The van der Waals surface area contributed by atoms with Gasteiger partial charge in [-0.2, -0.15) is 0 Å². The smallest absolute Gasteiger partial charge is 0.257 e. The molecule has 0 bridgehead atoms. The SMILES string of the molecule is NC(CCN(C(=O)c1cccc(F)c1F)C1CC1)=NO. The van der Waals surface area contributed by atoms with Crippen LogP contribution < -0.4 is 5.73 Å². The summed E-state index contributed by atoms with van der Waals surface area (Å²) in [6.07, 6.45) is 1.81. The lowest BCUT2D eigenvalue weighted by atomic mass is 10.1. The van der Waals surface area contributed by atoms with Crippen LogP contribution >= 0.6 is 0 Å². The topological polar surface area (TPSA) is 78.9 Å². The van der Waals surface area contributed by atoms with Crippen LogP contribution in [-0.4, -0.2) is 34.4 Å². The van der Waals surface area contributed by atoms with Crippen LogP contribution in [0.1, 0.15) is 29.6 Å². The zero-order valence-electron chi connectivity index (χ0n) is 10.7. The van der Waals surface area contributed by atoms with Gasteiger partial charge in [-0.1, -0.05) is 11.2 Å². The third-order valence-corrected chi connectivity index (χ3v) is 3.17. The molecular formula is C13H15F2N3O2. The number of amides is 1. The maximum Gasteiger partial charge on any atom is 0.257 e. The van der Waals surface area contributed by atoms with Crippen molar-refractivity contribution in [2.75, 3.05) is 6.54 Å². The van der Waals surface area contributed by atoms with Gasteiger partial charge in [0.25, 0.3) is 5.91 Å². The van der Waals surface area contributed by atoms with Gasteiger partial charge in [-0.15, -0.1) is 0 Å². The highest BCUT2D eigenvalue weighted by Gasteiger charge is 2.34. The minimum atomic E-state index is -1.15. The first-order valence-electron chi connectivity index (χ1n) is 6.26. The lowest BCUT2D eigenvalue weighted by Gasteiger charge is -2.22. The van der Waals surface area contributed by atoms with Crippen molar-refractivity contribution in [3.8, 4) is 0 Å². The standard InChI is InChI=1S/C13H15F2N3O2/c14-10-3-1-2-9(12(10)15)13(19)18(8-4-5-8)7-6-11(16)17-20/h1-3,8,20H,4-7H2,(H2,16,17). The molecule has 1 amide bonds. The summed E-state index contributed by atoms with van der Waals surface area (Å²) in [5.41, 5.74) is 5.07. The number of benzene rings is 1. The number of nitrogens with two attached hydrogens (primary N) is 1. The van der Waals surface area contributed by atoms with E-state index < -0.39 is 17.5 Å². The number of carbonyl (C=O) groups is 1. The highest BCUT2D eigenvalue weighted by Crippen LogP contribution is 2.29. The first-order valence-corrected chi connectivity index (χ1v) is 6.26. The zero-order chi connectivity index (χ0) is 14.7. The van der Waals surface area contributed by atoms with Gasteiger partial charge in [0, 0.05) is 19.0 Å². The molecule has 5 nitrogen and oxygen atoms in total. The molecule has 0 spiro atoms. The molecule has 0 heterocycles. The van der Waals surface area contributed by atoms with Crippen molar-refractivity contribution >= 4 is 11.7 Å². The normalized spacial score (nSPS) is 15.2. The maximum atomic E-state index is 13.7. The predicted molar refractivity (Wildman–Crippen MR) is 68.4 cm³/mol. The van der Waals surface area contributed by atoms with Gasteiger partial charge in [-0.25, -0.2) is 8.78 Å². The van der Waals surface area contributed by atoms with Crippen molar-refractivity contribution < 1.29 is 18.8 Å². The molecule has 1 aromatic carbocycles. The largest absolute Gasteiger partial charge is 0.409 e. The van der Waals surface area contributed by atoms with E-state index in [4.69, 9.17) is 10.9 Å². The van der Waals surface area contributed by atoms with E-state index in [1.54, 1.807) is 0 Å². The maximum absolute atomic E-state index is 13.7. The third kappa shape index (κ3) is 3.04. The number of rotatable bonds is 5. The Balaban J connectivity index is 2.17. The first kappa shape index (κ1) is 14.2. The molecule has 1 aromatic rings. The summed E-state index contributed by atoms with van der Waals surface area (Å²) in [6.45, 7) is 0.204. The molecule has 108 valence electrons. The summed E-state index contributed by atoms with van der Waals surface area (Å²) < 4.78 is 26.8. The fourth-order valence-electron chi connectivity index (χ4n) is 1.94. The van der Waals surface area contributed by atoms with Crippen LogP contribution in [0.25, 0.3) is 0 Å². The second-order valence-electron chi connectivity index (χ2n) is 4.67. The Morgan fingerprint density at radius 2 is 2.15 bits per heavy atom. The molecule has 1 aliphatic carbocycles. The van der Waals surface area contributed by atoms with Gasteiger partial charge in [-0.3, -0.25) is 4.79 Å². The summed E-state index contributed by atoms with van der Waals surface area (Å²) in [4.78, 5) is 13.7. The van der Waals surface area contributed by atoms with Crippen LogP contribution in [0.4, 0.5) is 8.78 Å². The Labute approximate surface area is 114 Å². The average Bonchev–Trinajstić information content (AvgIpc) is 3.26. The number of oxime groups is 1. The average molecular weight is 283 g/mol. The van der Waals surface area contributed by atoms with Crippen molar-refractivity contribution in [2.24, 2.45) is 10.9 Å². The van der Waals surface area contributed by atoms with E-state index in [0.717, 1.165) is 18.9 Å². The van der Waals surface area contributed by atoms with Crippen LogP contribution in [0.2, 0.25) is 0 Å². The third-order valence-electron chi connectivity index (χ3n) is 3.17. The summed E-state index contributed by atoms with van der Waals surface area (Å²) >= 11 is 0. The number of nitrogens with zero attached hydrogens (tertiary/aromatic N) is 2. The molecule has 0 unspecified atom stereocenters.